The molecule has 92 valence electrons. The quantitative estimate of drug-likeness (QED) is 0.894. The van der Waals surface area contributed by atoms with Crippen LogP contribution in [-0.2, 0) is 4.79 Å². The Bertz CT molecular complexity index is 389. The largest absolute Gasteiger partial charge is 0.492 e. The summed E-state index contributed by atoms with van der Waals surface area (Å²) in [7, 11) is 0. The van der Waals surface area contributed by atoms with Gasteiger partial charge >= 0.3 is 0 Å². The minimum absolute atomic E-state index is 0.113. The summed E-state index contributed by atoms with van der Waals surface area (Å²) in [6.07, 6.45) is 0.979. The van der Waals surface area contributed by atoms with E-state index in [1.807, 2.05) is 43.0 Å². The molecule has 1 aliphatic rings. The fourth-order valence-electron chi connectivity index (χ4n) is 1.83. The van der Waals surface area contributed by atoms with Crippen LogP contribution in [0.5, 0.6) is 5.75 Å². The summed E-state index contributed by atoms with van der Waals surface area (Å²) >= 11 is 1.84. The number of anilines is 1. The zero-order valence-corrected chi connectivity index (χ0v) is 10.8. The van der Waals surface area contributed by atoms with Crippen LogP contribution >= 0.6 is 11.8 Å². The van der Waals surface area contributed by atoms with Gasteiger partial charge in [-0.15, -0.1) is 0 Å². The normalized spacial score (nSPS) is 19.0. The van der Waals surface area contributed by atoms with Gasteiger partial charge in [0.05, 0.1) is 12.3 Å². The smallest absolute Gasteiger partial charge is 0.228 e. The van der Waals surface area contributed by atoms with Gasteiger partial charge in [-0.3, -0.25) is 4.79 Å². The summed E-state index contributed by atoms with van der Waals surface area (Å²) < 4.78 is 5.48. The van der Waals surface area contributed by atoms with Crippen molar-refractivity contribution >= 4 is 23.4 Å². The molecule has 0 saturated carbocycles. The summed E-state index contributed by atoms with van der Waals surface area (Å²) in [5.41, 5.74) is 0.774. The Morgan fingerprint density at radius 3 is 3.06 bits per heavy atom. The van der Waals surface area contributed by atoms with Crippen LogP contribution in [0.1, 0.15) is 13.3 Å². The SMILES string of the molecule is CCOc1ccccc1NC(=O)C1CCSC1. The van der Waals surface area contributed by atoms with E-state index >= 15 is 0 Å². The van der Waals surface area contributed by atoms with Crippen molar-refractivity contribution in [2.75, 3.05) is 23.4 Å². The van der Waals surface area contributed by atoms with E-state index in [1.54, 1.807) is 0 Å². The molecule has 0 radical (unpaired) electrons. The maximum atomic E-state index is 12.0. The number of thioether (sulfide) groups is 1. The molecule has 1 amide bonds. The minimum atomic E-state index is 0.113. The molecule has 1 aliphatic heterocycles. The average Bonchev–Trinajstić information content (AvgIpc) is 2.85. The van der Waals surface area contributed by atoms with Gasteiger partial charge in [-0.1, -0.05) is 12.1 Å². The summed E-state index contributed by atoms with van der Waals surface area (Å²) in [5, 5.41) is 2.96. The Kier molecular flexibility index (Phi) is 4.31. The minimum Gasteiger partial charge on any atom is -0.492 e. The molecule has 1 fully saturated rings. The van der Waals surface area contributed by atoms with Gasteiger partial charge in [-0.2, -0.15) is 11.8 Å². The van der Waals surface area contributed by atoms with E-state index in [2.05, 4.69) is 5.32 Å². The van der Waals surface area contributed by atoms with Gasteiger partial charge in [0, 0.05) is 11.7 Å². The van der Waals surface area contributed by atoms with Gasteiger partial charge in [0.2, 0.25) is 5.91 Å². The van der Waals surface area contributed by atoms with Crippen LogP contribution in [0.3, 0.4) is 0 Å². The second-order valence-corrected chi connectivity index (χ2v) is 5.13. The number of hydrogen-bond acceptors (Lipinski definition) is 3. The first-order chi connectivity index (χ1) is 8.31. The maximum absolute atomic E-state index is 12.0. The van der Waals surface area contributed by atoms with Gasteiger partial charge < -0.3 is 10.1 Å². The predicted molar refractivity (Wildman–Crippen MR) is 71.7 cm³/mol. The third kappa shape index (κ3) is 3.16. The lowest BCUT2D eigenvalue weighted by Crippen LogP contribution is -2.22. The lowest BCUT2D eigenvalue weighted by Gasteiger charge is -2.13. The molecule has 1 atom stereocenters. The molecule has 0 spiro atoms. The second kappa shape index (κ2) is 5.96. The lowest BCUT2D eigenvalue weighted by molar-refractivity contribution is -0.119. The molecule has 0 aromatic heterocycles. The number of nitrogens with one attached hydrogen (secondary N) is 1. The zero-order chi connectivity index (χ0) is 12.1. The highest BCUT2D eigenvalue weighted by Crippen LogP contribution is 2.28. The Balaban J connectivity index is 2.04. The third-order valence-corrected chi connectivity index (χ3v) is 3.91. The molecule has 1 unspecified atom stereocenters. The van der Waals surface area contributed by atoms with E-state index in [4.69, 9.17) is 4.74 Å². The van der Waals surface area contributed by atoms with Crippen molar-refractivity contribution < 1.29 is 9.53 Å². The number of amides is 1. The van der Waals surface area contributed by atoms with Crippen LogP contribution in [0.2, 0.25) is 0 Å². The van der Waals surface area contributed by atoms with Crippen LogP contribution in [0.25, 0.3) is 0 Å². The van der Waals surface area contributed by atoms with Crippen molar-refractivity contribution in [1.82, 2.24) is 0 Å². The molecule has 3 nitrogen and oxygen atoms in total. The molecule has 0 aliphatic carbocycles. The lowest BCUT2D eigenvalue weighted by atomic mass is 10.1. The molecular formula is C13H17NO2S. The van der Waals surface area contributed by atoms with Crippen molar-refractivity contribution in [1.29, 1.82) is 0 Å². The molecular weight excluding hydrogens is 234 g/mol. The van der Waals surface area contributed by atoms with E-state index in [-0.39, 0.29) is 11.8 Å². The van der Waals surface area contributed by atoms with Gasteiger partial charge in [0.15, 0.2) is 0 Å². The monoisotopic (exact) mass is 251 g/mol. The van der Waals surface area contributed by atoms with Crippen molar-refractivity contribution in [3.63, 3.8) is 0 Å². The molecule has 0 bridgehead atoms. The number of para-hydroxylation sites is 2. The number of rotatable bonds is 4. The zero-order valence-electron chi connectivity index (χ0n) is 9.94. The van der Waals surface area contributed by atoms with Crippen LogP contribution in [0, 0.1) is 5.92 Å². The molecule has 1 aromatic carbocycles. The summed E-state index contributed by atoms with van der Waals surface area (Å²) in [6, 6.07) is 7.57. The molecule has 17 heavy (non-hydrogen) atoms. The summed E-state index contributed by atoms with van der Waals surface area (Å²) in [5.74, 6) is 3.03. The van der Waals surface area contributed by atoms with Crippen molar-refractivity contribution in [3.05, 3.63) is 24.3 Å². The van der Waals surface area contributed by atoms with Crippen LogP contribution in [0.4, 0.5) is 5.69 Å². The standard InChI is InChI=1S/C13H17NO2S/c1-2-16-12-6-4-3-5-11(12)14-13(15)10-7-8-17-9-10/h3-6,10H,2,7-9H2,1H3,(H,14,15). The third-order valence-electron chi connectivity index (χ3n) is 2.75. The summed E-state index contributed by atoms with van der Waals surface area (Å²) in [6.45, 7) is 2.54. The molecule has 1 N–H and O–H groups in total. The van der Waals surface area contributed by atoms with E-state index in [0.29, 0.717) is 6.61 Å². The maximum Gasteiger partial charge on any atom is 0.228 e. The number of ether oxygens (including phenoxy) is 1. The fraction of sp³-hybridized carbons (Fsp3) is 0.462. The number of carbonyl (C=O) groups excluding carboxylic acids is 1. The molecule has 1 saturated heterocycles. The highest BCUT2D eigenvalue weighted by Gasteiger charge is 2.23. The first-order valence-corrected chi connectivity index (χ1v) is 7.07. The van der Waals surface area contributed by atoms with Crippen LogP contribution in [-0.4, -0.2) is 24.0 Å². The molecule has 2 rings (SSSR count). The first kappa shape index (κ1) is 12.3. The molecule has 1 aromatic rings. The topological polar surface area (TPSA) is 38.3 Å². The van der Waals surface area contributed by atoms with E-state index in [0.717, 1.165) is 29.4 Å². The van der Waals surface area contributed by atoms with Gasteiger partial charge in [0.1, 0.15) is 5.75 Å². The Labute approximate surface area is 106 Å². The fourth-order valence-corrected chi connectivity index (χ4v) is 3.05. The molecule has 1 heterocycles. The number of carbonyl (C=O) groups is 1. The Hall–Kier alpha value is -1.16. The Morgan fingerprint density at radius 1 is 1.53 bits per heavy atom. The van der Waals surface area contributed by atoms with E-state index in [9.17, 15) is 4.79 Å². The van der Waals surface area contributed by atoms with Gasteiger partial charge in [-0.05, 0) is 31.2 Å². The highest BCUT2D eigenvalue weighted by atomic mass is 32.2. The summed E-state index contributed by atoms with van der Waals surface area (Å²) in [4.78, 5) is 12.0. The highest BCUT2D eigenvalue weighted by molar-refractivity contribution is 7.99. The predicted octanol–water partition coefficient (Wildman–Crippen LogP) is 2.78. The second-order valence-electron chi connectivity index (χ2n) is 3.98. The van der Waals surface area contributed by atoms with Crippen LogP contribution in [0.15, 0.2) is 24.3 Å². The van der Waals surface area contributed by atoms with Crippen molar-refractivity contribution in [2.24, 2.45) is 5.92 Å². The number of hydrogen-bond donors (Lipinski definition) is 1. The van der Waals surface area contributed by atoms with E-state index < -0.39 is 0 Å². The van der Waals surface area contributed by atoms with Crippen LogP contribution < -0.4 is 10.1 Å². The average molecular weight is 251 g/mol. The van der Waals surface area contributed by atoms with Gasteiger partial charge in [0.25, 0.3) is 0 Å². The van der Waals surface area contributed by atoms with E-state index in [1.165, 1.54) is 0 Å². The van der Waals surface area contributed by atoms with Crippen molar-refractivity contribution in [3.8, 4) is 5.75 Å². The van der Waals surface area contributed by atoms with Crippen molar-refractivity contribution in [2.45, 2.75) is 13.3 Å². The first-order valence-electron chi connectivity index (χ1n) is 5.91. The van der Waals surface area contributed by atoms with Gasteiger partial charge in [-0.25, -0.2) is 0 Å². The number of benzene rings is 1. The Morgan fingerprint density at radius 2 is 2.35 bits per heavy atom. The molecule has 4 heteroatoms.